The van der Waals surface area contributed by atoms with Crippen LogP contribution in [-0.2, 0) is 17.9 Å². The topological polar surface area (TPSA) is 76.4 Å². The average Bonchev–Trinajstić information content (AvgIpc) is 3.32. The number of rotatable bonds is 4. The normalized spacial score (nSPS) is 20.2. The largest absolute Gasteiger partial charge is 0.481 e. The first-order chi connectivity index (χ1) is 12.7. The molecule has 0 spiro atoms. The third-order valence-electron chi connectivity index (χ3n) is 5.19. The Bertz CT molecular complexity index is 799. The number of pyridine rings is 1. The van der Waals surface area contributed by atoms with Crippen LogP contribution in [0.1, 0.15) is 36.2 Å². The van der Waals surface area contributed by atoms with Gasteiger partial charge in [-0.2, -0.15) is 0 Å². The van der Waals surface area contributed by atoms with E-state index in [0.717, 1.165) is 56.4 Å². The van der Waals surface area contributed by atoms with E-state index in [1.54, 1.807) is 7.11 Å². The van der Waals surface area contributed by atoms with Gasteiger partial charge < -0.3 is 14.2 Å². The van der Waals surface area contributed by atoms with Crippen molar-refractivity contribution in [1.29, 1.82) is 0 Å². The van der Waals surface area contributed by atoms with Crippen molar-refractivity contribution in [3.63, 3.8) is 0 Å². The van der Waals surface area contributed by atoms with Crippen molar-refractivity contribution in [3.8, 4) is 5.88 Å². The van der Waals surface area contributed by atoms with Gasteiger partial charge in [-0.1, -0.05) is 6.07 Å². The van der Waals surface area contributed by atoms with E-state index in [9.17, 15) is 4.79 Å². The molecule has 0 aliphatic carbocycles. The Morgan fingerprint density at radius 1 is 1.19 bits per heavy atom. The Hall–Kier alpha value is -2.48. The fourth-order valence-corrected chi connectivity index (χ4v) is 3.81. The Balaban J connectivity index is 1.64. The SMILES string of the molecule is COc1cccc(CN2CCn3c(C)nnc3C2C(=O)N2CCCC2)n1. The van der Waals surface area contributed by atoms with E-state index >= 15 is 0 Å². The summed E-state index contributed by atoms with van der Waals surface area (Å²) < 4.78 is 7.29. The van der Waals surface area contributed by atoms with Crippen molar-refractivity contribution in [2.24, 2.45) is 0 Å². The number of amides is 1. The van der Waals surface area contributed by atoms with E-state index in [1.165, 1.54) is 0 Å². The standard InChI is InChI=1S/C18H24N6O2/c1-13-20-21-17-16(18(25)22-8-3-4-9-22)23(10-11-24(13)17)12-14-6-5-7-15(19-14)26-2/h5-7,16H,3-4,8-12H2,1-2H3. The molecule has 1 fully saturated rings. The third kappa shape index (κ3) is 3.05. The highest BCUT2D eigenvalue weighted by Crippen LogP contribution is 2.29. The van der Waals surface area contributed by atoms with Crippen LogP contribution in [0.5, 0.6) is 5.88 Å². The van der Waals surface area contributed by atoms with Crippen molar-refractivity contribution in [3.05, 3.63) is 35.5 Å². The van der Waals surface area contributed by atoms with E-state index in [-0.39, 0.29) is 5.91 Å². The molecule has 1 saturated heterocycles. The second-order valence-corrected chi connectivity index (χ2v) is 6.83. The quantitative estimate of drug-likeness (QED) is 0.818. The Labute approximate surface area is 152 Å². The maximum absolute atomic E-state index is 13.3. The molecule has 0 N–H and O–H groups in total. The van der Waals surface area contributed by atoms with Crippen molar-refractivity contribution < 1.29 is 9.53 Å². The molecule has 1 amide bonds. The number of carbonyl (C=O) groups excluding carboxylic acids is 1. The van der Waals surface area contributed by atoms with Gasteiger partial charge in [-0.25, -0.2) is 4.98 Å². The Morgan fingerprint density at radius 2 is 2.00 bits per heavy atom. The van der Waals surface area contributed by atoms with Crippen LogP contribution in [0.25, 0.3) is 0 Å². The molecule has 4 rings (SSSR count). The number of likely N-dealkylation sites (tertiary alicyclic amines) is 1. The highest BCUT2D eigenvalue weighted by molar-refractivity contribution is 5.83. The summed E-state index contributed by atoms with van der Waals surface area (Å²) in [6, 6.07) is 5.31. The number of fused-ring (bicyclic) bond motifs is 1. The van der Waals surface area contributed by atoms with Crippen LogP contribution in [0.15, 0.2) is 18.2 Å². The Morgan fingerprint density at radius 3 is 2.77 bits per heavy atom. The molecular weight excluding hydrogens is 332 g/mol. The zero-order valence-electron chi connectivity index (χ0n) is 15.3. The summed E-state index contributed by atoms with van der Waals surface area (Å²) in [7, 11) is 1.61. The first kappa shape index (κ1) is 17.0. The monoisotopic (exact) mass is 356 g/mol. The van der Waals surface area contributed by atoms with Crippen molar-refractivity contribution >= 4 is 5.91 Å². The number of aryl methyl sites for hydroxylation is 1. The second-order valence-electron chi connectivity index (χ2n) is 6.83. The minimum atomic E-state index is -0.406. The maximum atomic E-state index is 13.3. The van der Waals surface area contributed by atoms with Crippen LogP contribution >= 0.6 is 0 Å². The third-order valence-corrected chi connectivity index (χ3v) is 5.19. The van der Waals surface area contributed by atoms with Crippen LogP contribution in [0.4, 0.5) is 0 Å². The van der Waals surface area contributed by atoms with Gasteiger partial charge in [-0.3, -0.25) is 9.69 Å². The summed E-state index contributed by atoms with van der Waals surface area (Å²) >= 11 is 0. The molecule has 2 aromatic heterocycles. The molecule has 2 aromatic rings. The number of carbonyl (C=O) groups is 1. The number of hydrogen-bond acceptors (Lipinski definition) is 6. The summed E-state index contributed by atoms with van der Waals surface area (Å²) in [6.07, 6.45) is 2.14. The van der Waals surface area contributed by atoms with Crippen LogP contribution in [-0.4, -0.2) is 62.2 Å². The van der Waals surface area contributed by atoms with Gasteiger partial charge in [0, 0.05) is 38.8 Å². The molecule has 138 valence electrons. The molecule has 1 atom stereocenters. The molecule has 0 bridgehead atoms. The van der Waals surface area contributed by atoms with Crippen LogP contribution in [0.2, 0.25) is 0 Å². The lowest BCUT2D eigenvalue weighted by Gasteiger charge is -2.36. The minimum absolute atomic E-state index is 0.124. The molecular formula is C18H24N6O2. The molecule has 2 aliphatic heterocycles. The smallest absolute Gasteiger partial charge is 0.247 e. The van der Waals surface area contributed by atoms with Gasteiger partial charge in [0.2, 0.25) is 11.8 Å². The molecule has 1 unspecified atom stereocenters. The van der Waals surface area contributed by atoms with Gasteiger partial charge >= 0.3 is 0 Å². The van der Waals surface area contributed by atoms with Gasteiger partial charge in [-0.15, -0.1) is 10.2 Å². The van der Waals surface area contributed by atoms with Crippen molar-refractivity contribution in [2.75, 3.05) is 26.7 Å². The van der Waals surface area contributed by atoms with Gasteiger partial charge in [0.15, 0.2) is 11.9 Å². The van der Waals surface area contributed by atoms with E-state index < -0.39 is 6.04 Å². The lowest BCUT2D eigenvalue weighted by molar-refractivity contribution is -0.137. The molecule has 0 aromatic carbocycles. The van der Waals surface area contributed by atoms with Crippen LogP contribution < -0.4 is 4.74 Å². The Kier molecular flexibility index (Phi) is 4.58. The highest BCUT2D eigenvalue weighted by atomic mass is 16.5. The zero-order valence-corrected chi connectivity index (χ0v) is 15.3. The lowest BCUT2D eigenvalue weighted by Crippen LogP contribution is -2.47. The molecule has 0 saturated carbocycles. The second kappa shape index (κ2) is 7.03. The lowest BCUT2D eigenvalue weighted by atomic mass is 10.1. The highest BCUT2D eigenvalue weighted by Gasteiger charge is 2.39. The number of ether oxygens (including phenoxy) is 1. The van der Waals surface area contributed by atoms with Crippen LogP contribution in [0, 0.1) is 6.92 Å². The van der Waals surface area contributed by atoms with E-state index in [4.69, 9.17) is 4.74 Å². The fraction of sp³-hybridized carbons (Fsp3) is 0.556. The van der Waals surface area contributed by atoms with Crippen LogP contribution in [0.3, 0.4) is 0 Å². The number of aromatic nitrogens is 4. The average molecular weight is 356 g/mol. The van der Waals surface area contributed by atoms with E-state index in [1.807, 2.05) is 30.0 Å². The minimum Gasteiger partial charge on any atom is -0.481 e. The van der Waals surface area contributed by atoms with E-state index in [2.05, 4.69) is 24.6 Å². The molecule has 2 aliphatic rings. The first-order valence-corrected chi connectivity index (χ1v) is 9.10. The molecule has 4 heterocycles. The number of hydrogen-bond donors (Lipinski definition) is 0. The van der Waals surface area contributed by atoms with Crippen molar-refractivity contribution in [2.45, 2.75) is 38.9 Å². The number of methoxy groups -OCH3 is 1. The fourth-order valence-electron chi connectivity index (χ4n) is 3.81. The predicted octanol–water partition coefficient (Wildman–Crippen LogP) is 1.17. The van der Waals surface area contributed by atoms with Crippen molar-refractivity contribution in [1.82, 2.24) is 29.5 Å². The first-order valence-electron chi connectivity index (χ1n) is 9.10. The summed E-state index contributed by atoms with van der Waals surface area (Å²) in [5.41, 5.74) is 0.883. The zero-order chi connectivity index (χ0) is 18.1. The predicted molar refractivity (Wildman–Crippen MR) is 94.5 cm³/mol. The van der Waals surface area contributed by atoms with Gasteiger partial charge in [-0.05, 0) is 25.8 Å². The molecule has 0 radical (unpaired) electrons. The summed E-state index contributed by atoms with van der Waals surface area (Å²) in [5.74, 6) is 2.31. The summed E-state index contributed by atoms with van der Waals surface area (Å²) in [6.45, 7) is 5.71. The summed E-state index contributed by atoms with van der Waals surface area (Å²) in [4.78, 5) is 21.9. The van der Waals surface area contributed by atoms with E-state index in [0.29, 0.717) is 12.4 Å². The van der Waals surface area contributed by atoms with Gasteiger partial charge in [0.25, 0.3) is 0 Å². The summed E-state index contributed by atoms with van der Waals surface area (Å²) in [5, 5.41) is 8.54. The van der Waals surface area contributed by atoms with Gasteiger partial charge in [0.05, 0.1) is 12.8 Å². The molecule has 8 heteroatoms. The number of nitrogens with zero attached hydrogens (tertiary/aromatic N) is 6. The molecule has 26 heavy (non-hydrogen) atoms. The molecule has 8 nitrogen and oxygen atoms in total. The maximum Gasteiger partial charge on any atom is 0.247 e. The van der Waals surface area contributed by atoms with Gasteiger partial charge in [0.1, 0.15) is 5.82 Å².